The van der Waals surface area contributed by atoms with Crippen molar-refractivity contribution in [2.45, 2.75) is 32.5 Å². The van der Waals surface area contributed by atoms with Crippen molar-refractivity contribution in [1.82, 2.24) is 9.78 Å². The highest BCUT2D eigenvalue weighted by atomic mass is 19.4. The molecule has 1 aromatic heterocycles. The van der Waals surface area contributed by atoms with Gasteiger partial charge in [-0.1, -0.05) is 0 Å². The van der Waals surface area contributed by atoms with E-state index in [0.29, 0.717) is 0 Å². The molecule has 0 spiro atoms. The van der Waals surface area contributed by atoms with E-state index in [0.717, 1.165) is 10.9 Å². The minimum Gasteiger partial charge on any atom is -0.478 e. The van der Waals surface area contributed by atoms with E-state index in [1.54, 1.807) is 20.8 Å². The Morgan fingerprint density at radius 1 is 1.12 bits per heavy atom. The van der Waals surface area contributed by atoms with Crippen LogP contribution < -0.4 is 5.32 Å². The Morgan fingerprint density at radius 3 is 2.12 bits per heavy atom. The highest BCUT2D eigenvalue weighted by molar-refractivity contribution is 6.05. The van der Waals surface area contributed by atoms with Gasteiger partial charge >= 0.3 is 12.1 Å². The van der Waals surface area contributed by atoms with Gasteiger partial charge in [-0.25, -0.2) is 4.79 Å². The van der Waals surface area contributed by atoms with E-state index in [1.165, 1.54) is 24.3 Å². The lowest BCUT2D eigenvalue weighted by atomic mass is 10.1. The van der Waals surface area contributed by atoms with Gasteiger partial charge in [-0.3, -0.25) is 9.48 Å². The van der Waals surface area contributed by atoms with Crippen LogP contribution in [0, 0.1) is 0 Å². The number of carboxylic acid groups (broad SMARTS) is 1. The molecule has 1 amide bonds. The maximum absolute atomic E-state index is 13.4. The molecule has 2 rings (SSSR count). The van der Waals surface area contributed by atoms with Crippen molar-refractivity contribution in [3.05, 3.63) is 47.3 Å². The molecule has 0 saturated heterocycles. The second-order valence-corrected chi connectivity index (χ2v) is 6.32. The highest BCUT2D eigenvalue weighted by Gasteiger charge is 2.42. The first-order chi connectivity index (χ1) is 11.4. The van der Waals surface area contributed by atoms with Crippen molar-refractivity contribution in [3.63, 3.8) is 0 Å². The van der Waals surface area contributed by atoms with Gasteiger partial charge in [0.1, 0.15) is 0 Å². The molecule has 2 aromatic rings. The average Bonchev–Trinajstić information content (AvgIpc) is 2.93. The van der Waals surface area contributed by atoms with Gasteiger partial charge in [-0.05, 0) is 45.0 Å². The quantitative estimate of drug-likeness (QED) is 0.881. The number of carboxylic acids is 1. The second-order valence-electron chi connectivity index (χ2n) is 6.32. The lowest BCUT2D eigenvalue weighted by Crippen LogP contribution is -2.30. The Morgan fingerprint density at radius 2 is 1.68 bits per heavy atom. The summed E-state index contributed by atoms with van der Waals surface area (Å²) in [5, 5.41) is 14.8. The number of hydrogen-bond acceptors (Lipinski definition) is 3. The molecular formula is C16H16F3N3O3. The van der Waals surface area contributed by atoms with E-state index in [1.807, 2.05) is 0 Å². The Hall–Kier alpha value is -2.84. The number of nitrogens with zero attached hydrogens (tertiary/aromatic N) is 2. The number of hydrogen-bond donors (Lipinski definition) is 2. The molecule has 0 radical (unpaired) electrons. The maximum atomic E-state index is 13.4. The first-order valence-corrected chi connectivity index (χ1v) is 7.21. The molecule has 0 bridgehead atoms. The number of carbonyl (C=O) groups excluding carboxylic acids is 1. The number of benzene rings is 1. The minimum atomic E-state index is -4.76. The molecule has 1 heterocycles. The van der Waals surface area contributed by atoms with Crippen LogP contribution in [0.5, 0.6) is 0 Å². The molecule has 0 saturated carbocycles. The molecule has 134 valence electrons. The fraction of sp³-hybridized carbons (Fsp3) is 0.312. The third kappa shape index (κ3) is 3.98. The summed E-state index contributed by atoms with van der Waals surface area (Å²) in [6.07, 6.45) is -3.89. The van der Waals surface area contributed by atoms with Crippen molar-refractivity contribution >= 4 is 17.6 Å². The molecule has 0 unspecified atom stereocenters. The van der Waals surface area contributed by atoms with Gasteiger partial charge in [0, 0.05) is 5.69 Å². The Labute approximate surface area is 141 Å². The van der Waals surface area contributed by atoms with E-state index in [4.69, 9.17) is 5.11 Å². The zero-order valence-corrected chi connectivity index (χ0v) is 13.7. The predicted octanol–water partition coefficient (Wildman–Crippen LogP) is 3.61. The summed E-state index contributed by atoms with van der Waals surface area (Å²) in [7, 11) is 0. The predicted molar refractivity (Wildman–Crippen MR) is 83.6 cm³/mol. The van der Waals surface area contributed by atoms with E-state index < -0.39 is 34.8 Å². The molecule has 0 aliphatic heterocycles. The molecule has 1 aromatic carbocycles. The topological polar surface area (TPSA) is 84.2 Å². The average molecular weight is 355 g/mol. The van der Waals surface area contributed by atoms with Crippen LogP contribution in [0.3, 0.4) is 0 Å². The number of anilines is 1. The maximum Gasteiger partial charge on any atom is 0.433 e. The molecule has 25 heavy (non-hydrogen) atoms. The monoisotopic (exact) mass is 355 g/mol. The van der Waals surface area contributed by atoms with Crippen LogP contribution in [-0.4, -0.2) is 26.8 Å². The zero-order chi connectivity index (χ0) is 19.0. The van der Waals surface area contributed by atoms with Crippen molar-refractivity contribution in [3.8, 4) is 0 Å². The van der Waals surface area contributed by atoms with Crippen LogP contribution in [0.15, 0.2) is 30.5 Å². The van der Waals surface area contributed by atoms with Gasteiger partial charge in [0.05, 0.1) is 22.9 Å². The van der Waals surface area contributed by atoms with Crippen molar-refractivity contribution in [2.75, 3.05) is 5.32 Å². The number of aromatic carboxylic acids is 1. The normalized spacial score (nSPS) is 12.1. The number of alkyl halides is 3. The van der Waals surface area contributed by atoms with Crippen LogP contribution >= 0.6 is 0 Å². The zero-order valence-electron chi connectivity index (χ0n) is 13.7. The SMILES string of the molecule is CC(C)(C)n1ncc(C(=O)Nc2ccc(C(=O)O)cc2)c1C(F)(F)F. The summed E-state index contributed by atoms with van der Waals surface area (Å²) in [4.78, 5) is 23.0. The first-order valence-electron chi connectivity index (χ1n) is 7.21. The number of carbonyl (C=O) groups is 2. The number of rotatable bonds is 3. The van der Waals surface area contributed by atoms with E-state index >= 15 is 0 Å². The van der Waals surface area contributed by atoms with E-state index in [9.17, 15) is 22.8 Å². The Bertz CT molecular complexity index is 803. The van der Waals surface area contributed by atoms with Crippen LogP contribution in [-0.2, 0) is 11.7 Å². The van der Waals surface area contributed by atoms with E-state index in [2.05, 4.69) is 10.4 Å². The Balaban J connectivity index is 2.36. The third-order valence-electron chi connectivity index (χ3n) is 3.31. The molecular weight excluding hydrogens is 339 g/mol. The lowest BCUT2D eigenvalue weighted by molar-refractivity contribution is -0.146. The minimum absolute atomic E-state index is 0.00506. The van der Waals surface area contributed by atoms with Gasteiger partial charge in [-0.2, -0.15) is 18.3 Å². The number of aromatic nitrogens is 2. The van der Waals surface area contributed by atoms with Gasteiger partial charge < -0.3 is 10.4 Å². The lowest BCUT2D eigenvalue weighted by Gasteiger charge is -2.23. The van der Waals surface area contributed by atoms with Gasteiger partial charge in [0.15, 0.2) is 5.69 Å². The molecule has 0 atom stereocenters. The molecule has 6 nitrogen and oxygen atoms in total. The van der Waals surface area contributed by atoms with Crippen LogP contribution in [0.4, 0.5) is 18.9 Å². The summed E-state index contributed by atoms with van der Waals surface area (Å²) >= 11 is 0. The summed E-state index contributed by atoms with van der Waals surface area (Å²) < 4.78 is 41.0. The largest absolute Gasteiger partial charge is 0.478 e. The van der Waals surface area contributed by atoms with Crippen LogP contribution in [0.1, 0.15) is 47.2 Å². The molecule has 0 aliphatic rings. The standard InChI is InChI=1S/C16H16F3N3O3/c1-15(2,3)22-12(16(17,18)19)11(8-20-22)13(23)21-10-6-4-9(5-7-10)14(24)25/h4-8H,1-3H3,(H,21,23)(H,24,25). The Kier molecular flexibility index (Phi) is 4.61. The first kappa shape index (κ1) is 18.5. The van der Waals surface area contributed by atoms with Gasteiger partial charge in [-0.15, -0.1) is 0 Å². The van der Waals surface area contributed by atoms with Crippen LogP contribution in [0.2, 0.25) is 0 Å². The summed E-state index contributed by atoms with van der Waals surface area (Å²) in [6.45, 7) is 4.63. The van der Waals surface area contributed by atoms with Crippen LogP contribution in [0.25, 0.3) is 0 Å². The smallest absolute Gasteiger partial charge is 0.433 e. The second kappa shape index (κ2) is 6.23. The number of amides is 1. The third-order valence-corrected chi connectivity index (χ3v) is 3.31. The molecule has 2 N–H and O–H groups in total. The summed E-state index contributed by atoms with van der Waals surface area (Å²) in [5.41, 5.74) is -2.54. The number of nitrogens with one attached hydrogen (secondary N) is 1. The van der Waals surface area contributed by atoms with Gasteiger partial charge in [0.25, 0.3) is 5.91 Å². The highest BCUT2D eigenvalue weighted by Crippen LogP contribution is 2.35. The fourth-order valence-corrected chi connectivity index (χ4v) is 2.19. The van der Waals surface area contributed by atoms with Crippen molar-refractivity contribution in [1.29, 1.82) is 0 Å². The molecule has 9 heteroatoms. The van der Waals surface area contributed by atoms with Gasteiger partial charge in [0.2, 0.25) is 0 Å². The summed E-state index contributed by atoms with van der Waals surface area (Å²) in [5.74, 6) is -2.13. The van der Waals surface area contributed by atoms with Crippen molar-refractivity contribution in [2.24, 2.45) is 0 Å². The number of halogens is 3. The molecule has 0 fully saturated rings. The summed E-state index contributed by atoms with van der Waals surface area (Å²) in [6, 6.07) is 5.06. The molecule has 0 aliphatic carbocycles. The van der Waals surface area contributed by atoms with Crippen molar-refractivity contribution < 1.29 is 27.9 Å². The van der Waals surface area contributed by atoms with E-state index in [-0.39, 0.29) is 11.3 Å². The fourth-order valence-electron chi connectivity index (χ4n) is 2.19.